The molecule has 1 saturated heterocycles. The first kappa shape index (κ1) is 20.9. The average molecular weight is 411 g/mol. The van der Waals surface area contributed by atoms with E-state index in [2.05, 4.69) is 26.9 Å². The third-order valence-electron chi connectivity index (χ3n) is 4.86. The Labute approximate surface area is 165 Å². The first-order chi connectivity index (χ1) is 13.6. The third-order valence-corrected chi connectivity index (χ3v) is 4.86. The normalized spacial score (nSPS) is 19.7. The van der Waals surface area contributed by atoms with Crippen LogP contribution in [0, 0.1) is 11.7 Å². The predicted molar refractivity (Wildman–Crippen MR) is 99.9 cm³/mol. The molecule has 2 atom stereocenters. The number of hydrogen-bond acceptors (Lipinski definition) is 4. The molecule has 1 aliphatic rings. The lowest BCUT2D eigenvalue weighted by Gasteiger charge is -2.38. The van der Waals surface area contributed by atoms with Gasteiger partial charge in [0, 0.05) is 43.5 Å². The summed E-state index contributed by atoms with van der Waals surface area (Å²) in [7, 11) is 0. The number of amides is 1. The number of nitrogens with one attached hydrogen (secondary N) is 1. The van der Waals surface area contributed by atoms with Crippen LogP contribution in [0.2, 0.25) is 0 Å². The van der Waals surface area contributed by atoms with Crippen molar-refractivity contribution in [2.75, 3.05) is 18.0 Å². The Bertz CT molecular complexity index is 888. The Kier molecular flexibility index (Phi) is 5.95. The number of anilines is 1. The maximum absolute atomic E-state index is 14.0. The number of piperidine rings is 1. The van der Waals surface area contributed by atoms with Crippen molar-refractivity contribution in [1.82, 2.24) is 10.3 Å². The van der Waals surface area contributed by atoms with Crippen molar-refractivity contribution in [3.05, 3.63) is 42.3 Å². The van der Waals surface area contributed by atoms with Crippen LogP contribution in [0.15, 0.2) is 36.5 Å². The second-order valence-electron chi connectivity index (χ2n) is 7.11. The van der Waals surface area contributed by atoms with Crippen LogP contribution in [0.4, 0.5) is 23.2 Å². The standard InChI is InChI=1S/C20H21F4N3O2/c1-12-11-27(8-6-17(12)26-13(2)28)15-5-7-25-18(10-15)14-3-4-19(16(21)9-14)29-20(22,23)24/h3-5,7,9-10,12,17H,6,8,11H2,1-2H3,(H,26,28)/t12-,17+/m1/s1. The molecule has 3 rings (SSSR count). The molecule has 0 saturated carbocycles. The van der Waals surface area contributed by atoms with Gasteiger partial charge in [0.1, 0.15) is 0 Å². The number of nitrogens with zero attached hydrogens (tertiary/aromatic N) is 2. The highest BCUT2D eigenvalue weighted by molar-refractivity contribution is 5.73. The SMILES string of the molecule is CC(=O)N[C@H]1CCN(c2ccnc(-c3ccc(OC(F)(F)F)c(F)c3)c2)C[C@H]1C. The van der Waals surface area contributed by atoms with E-state index >= 15 is 0 Å². The molecular formula is C20H21F4N3O2. The lowest BCUT2D eigenvalue weighted by Crippen LogP contribution is -2.49. The van der Waals surface area contributed by atoms with Crippen molar-refractivity contribution in [3.8, 4) is 17.0 Å². The van der Waals surface area contributed by atoms with E-state index in [9.17, 15) is 22.4 Å². The summed E-state index contributed by atoms with van der Waals surface area (Å²) >= 11 is 0. The largest absolute Gasteiger partial charge is 0.573 e. The molecule has 0 aliphatic carbocycles. The van der Waals surface area contributed by atoms with Gasteiger partial charge in [-0.15, -0.1) is 13.2 Å². The summed E-state index contributed by atoms with van der Waals surface area (Å²) in [6, 6.07) is 6.95. The number of benzene rings is 1. The molecule has 0 spiro atoms. The zero-order valence-corrected chi connectivity index (χ0v) is 16.0. The molecule has 1 aromatic carbocycles. The molecule has 5 nitrogen and oxygen atoms in total. The van der Waals surface area contributed by atoms with Gasteiger partial charge in [-0.2, -0.15) is 0 Å². The van der Waals surface area contributed by atoms with Crippen LogP contribution in [-0.2, 0) is 4.79 Å². The highest BCUT2D eigenvalue weighted by Crippen LogP contribution is 2.31. The molecule has 29 heavy (non-hydrogen) atoms. The summed E-state index contributed by atoms with van der Waals surface area (Å²) in [5.74, 6) is -1.81. The van der Waals surface area contributed by atoms with E-state index in [-0.39, 0.29) is 17.9 Å². The van der Waals surface area contributed by atoms with Crippen LogP contribution in [0.3, 0.4) is 0 Å². The molecule has 2 aromatic rings. The number of rotatable bonds is 4. The molecule has 1 aromatic heterocycles. The van der Waals surface area contributed by atoms with Crippen molar-refractivity contribution in [1.29, 1.82) is 0 Å². The van der Waals surface area contributed by atoms with E-state index in [0.29, 0.717) is 11.3 Å². The van der Waals surface area contributed by atoms with Gasteiger partial charge in [0.05, 0.1) is 5.69 Å². The van der Waals surface area contributed by atoms with Crippen LogP contribution in [0.1, 0.15) is 20.3 Å². The minimum atomic E-state index is -4.96. The smallest absolute Gasteiger partial charge is 0.403 e. The van der Waals surface area contributed by atoms with Gasteiger partial charge in [-0.25, -0.2) is 4.39 Å². The zero-order valence-electron chi connectivity index (χ0n) is 16.0. The van der Waals surface area contributed by atoms with Crippen molar-refractivity contribution in [2.45, 2.75) is 32.7 Å². The molecule has 1 fully saturated rings. The van der Waals surface area contributed by atoms with Crippen molar-refractivity contribution < 1.29 is 27.1 Å². The Morgan fingerprint density at radius 3 is 2.66 bits per heavy atom. The predicted octanol–water partition coefficient (Wildman–Crippen LogP) is 4.14. The molecule has 2 heterocycles. The highest BCUT2D eigenvalue weighted by Gasteiger charge is 2.32. The average Bonchev–Trinajstić information content (AvgIpc) is 2.64. The van der Waals surface area contributed by atoms with E-state index in [0.717, 1.165) is 37.3 Å². The second-order valence-corrected chi connectivity index (χ2v) is 7.11. The first-order valence-electron chi connectivity index (χ1n) is 9.16. The molecule has 1 amide bonds. The minimum absolute atomic E-state index is 0.0542. The van der Waals surface area contributed by atoms with Gasteiger partial charge in [0.25, 0.3) is 0 Å². The molecule has 0 unspecified atom stereocenters. The fourth-order valence-corrected chi connectivity index (χ4v) is 3.50. The van der Waals surface area contributed by atoms with Gasteiger partial charge in [0.2, 0.25) is 5.91 Å². The van der Waals surface area contributed by atoms with Gasteiger partial charge >= 0.3 is 6.36 Å². The number of carbonyl (C=O) groups excluding carboxylic acids is 1. The molecule has 9 heteroatoms. The number of alkyl halides is 3. The highest BCUT2D eigenvalue weighted by atomic mass is 19.4. The molecular weight excluding hydrogens is 390 g/mol. The summed E-state index contributed by atoms with van der Waals surface area (Å²) in [4.78, 5) is 17.7. The number of pyridine rings is 1. The summed E-state index contributed by atoms with van der Waals surface area (Å²) in [5, 5.41) is 2.96. The van der Waals surface area contributed by atoms with Crippen LogP contribution in [0.5, 0.6) is 5.75 Å². The monoisotopic (exact) mass is 411 g/mol. The Morgan fingerprint density at radius 1 is 1.28 bits per heavy atom. The van der Waals surface area contributed by atoms with Crippen LogP contribution in [0.25, 0.3) is 11.3 Å². The molecule has 1 aliphatic heterocycles. The maximum atomic E-state index is 14.0. The lowest BCUT2D eigenvalue weighted by molar-refractivity contribution is -0.275. The van der Waals surface area contributed by atoms with Gasteiger partial charge in [-0.3, -0.25) is 9.78 Å². The van der Waals surface area contributed by atoms with Gasteiger partial charge < -0.3 is 15.0 Å². The molecule has 0 bridgehead atoms. The van der Waals surface area contributed by atoms with E-state index in [1.807, 2.05) is 6.07 Å². The summed E-state index contributed by atoms with van der Waals surface area (Å²) < 4.78 is 54.6. The third kappa shape index (κ3) is 5.36. The molecule has 156 valence electrons. The van der Waals surface area contributed by atoms with Crippen molar-refractivity contribution >= 4 is 11.6 Å². The number of aromatic nitrogens is 1. The number of halogens is 4. The van der Waals surface area contributed by atoms with Gasteiger partial charge in [-0.1, -0.05) is 6.92 Å². The number of ether oxygens (including phenoxy) is 1. The lowest BCUT2D eigenvalue weighted by atomic mass is 9.93. The van der Waals surface area contributed by atoms with Crippen LogP contribution < -0.4 is 15.0 Å². The first-order valence-corrected chi connectivity index (χ1v) is 9.16. The Morgan fingerprint density at radius 2 is 2.03 bits per heavy atom. The van der Waals surface area contributed by atoms with Crippen LogP contribution in [-0.4, -0.2) is 36.4 Å². The van der Waals surface area contributed by atoms with Gasteiger partial charge in [0.15, 0.2) is 11.6 Å². The quantitative estimate of drug-likeness (QED) is 0.769. The summed E-state index contributed by atoms with van der Waals surface area (Å²) in [6.07, 6.45) is -2.59. The van der Waals surface area contributed by atoms with Crippen LogP contribution >= 0.6 is 0 Å². The number of carbonyl (C=O) groups is 1. The Hall–Kier alpha value is -2.84. The topological polar surface area (TPSA) is 54.5 Å². The second kappa shape index (κ2) is 8.26. The number of hydrogen-bond donors (Lipinski definition) is 1. The van der Waals surface area contributed by atoms with Crippen molar-refractivity contribution in [2.24, 2.45) is 5.92 Å². The van der Waals surface area contributed by atoms with Crippen molar-refractivity contribution in [3.63, 3.8) is 0 Å². The molecule has 1 N–H and O–H groups in total. The van der Waals surface area contributed by atoms with E-state index in [1.54, 1.807) is 12.3 Å². The van der Waals surface area contributed by atoms with E-state index in [4.69, 9.17) is 0 Å². The minimum Gasteiger partial charge on any atom is -0.403 e. The zero-order chi connectivity index (χ0) is 21.2. The van der Waals surface area contributed by atoms with Gasteiger partial charge in [-0.05, 0) is 42.7 Å². The van der Waals surface area contributed by atoms with E-state index < -0.39 is 17.9 Å². The maximum Gasteiger partial charge on any atom is 0.573 e. The Balaban J connectivity index is 1.77. The summed E-state index contributed by atoms with van der Waals surface area (Å²) in [5.41, 5.74) is 1.66. The van der Waals surface area contributed by atoms with E-state index in [1.165, 1.54) is 13.0 Å². The summed E-state index contributed by atoms with van der Waals surface area (Å²) in [6.45, 7) is 5.01. The molecule has 0 radical (unpaired) electrons. The fraction of sp³-hybridized carbons (Fsp3) is 0.400. The fourth-order valence-electron chi connectivity index (χ4n) is 3.50.